The normalized spacial score (nSPS) is 15.8. The standard InChI is InChI=1S/C24H50O6/c1-3-5-7-9-11-13-15-17-29-20-22(27)24(23(28)21(26)19-25)30-18-16-14-12-10-8-6-4-2/h21-28H,3-20H2,1-2H3/t21-,22+,23-,24-/m1/s1. The summed E-state index contributed by atoms with van der Waals surface area (Å²) in [6, 6.07) is 0. The minimum atomic E-state index is -1.35. The van der Waals surface area contributed by atoms with E-state index in [1.807, 2.05) is 0 Å². The molecule has 0 radical (unpaired) electrons. The van der Waals surface area contributed by atoms with Crippen molar-refractivity contribution in [2.45, 2.75) is 128 Å². The van der Waals surface area contributed by atoms with Crippen LogP contribution in [0.1, 0.15) is 104 Å². The lowest BCUT2D eigenvalue weighted by Gasteiger charge is -2.30. The molecule has 0 aliphatic heterocycles. The van der Waals surface area contributed by atoms with E-state index in [-0.39, 0.29) is 6.61 Å². The van der Waals surface area contributed by atoms with E-state index in [1.165, 1.54) is 57.8 Å². The number of ether oxygens (including phenoxy) is 2. The maximum absolute atomic E-state index is 10.4. The minimum Gasteiger partial charge on any atom is -0.394 e. The zero-order chi connectivity index (χ0) is 22.5. The molecule has 0 aromatic carbocycles. The third kappa shape index (κ3) is 16.5. The number of aliphatic hydroxyl groups excluding tert-OH is 4. The third-order valence-corrected chi connectivity index (χ3v) is 5.54. The SMILES string of the molecule is CCCCCCCCCOC[C@H](O)[C@@H](OCCCCCCCCC)[C@H](O)[C@H](O)CO. The molecule has 0 unspecified atom stereocenters. The van der Waals surface area contributed by atoms with Gasteiger partial charge in [0.2, 0.25) is 0 Å². The molecule has 0 aromatic rings. The van der Waals surface area contributed by atoms with Crippen LogP contribution in [0.2, 0.25) is 0 Å². The first-order valence-electron chi connectivity index (χ1n) is 12.4. The summed E-state index contributed by atoms with van der Waals surface area (Å²) in [7, 11) is 0. The van der Waals surface area contributed by atoms with Crippen molar-refractivity contribution in [3.05, 3.63) is 0 Å². The highest BCUT2D eigenvalue weighted by Gasteiger charge is 2.32. The van der Waals surface area contributed by atoms with Gasteiger partial charge in [0.15, 0.2) is 0 Å². The molecular weight excluding hydrogens is 384 g/mol. The van der Waals surface area contributed by atoms with E-state index in [4.69, 9.17) is 14.6 Å². The van der Waals surface area contributed by atoms with E-state index in [9.17, 15) is 15.3 Å². The molecule has 0 rings (SSSR count). The zero-order valence-electron chi connectivity index (χ0n) is 19.6. The van der Waals surface area contributed by atoms with Gasteiger partial charge in [-0.1, -0.05) is 90.9 Å². The van der Waals surface area contributed by atoms with Crippen LogP contribution >= 0.6 is 0 Å². The molecule has 0 aliphatic rings. The fourth-order valence-electron chi connectivity index (χ4n) is 3.50. The van der Waals surface area contributed by atoms with E-state index in [0.717, 1.165) is 32.1 Å². The zero-order valence-corrected chi connectivity index (χ0v) is 19.6. The highest BCUT2D eigenvalue weighted by Crippen LogP contribution is 2.13. The summed E-state index contributed by atoms with van der Waals surface area (Å²) in [4.78, 5) is 0. The molecule has 0 aliphatic carbocycles. The Balaban J connectivity index is 4.08. The van der Waals surface area contributed by atoms with Crippen LogP contribution in [0.15, 0.2) is 0 Å². The first-order chi connectivity index (χ1) is 14.6. The quantitative estimate of drug-likeness (QED) is 0.182. The summed E-state index contributed by atoms with van der Waals surface area (Å²) in [5, 5.41) is 39.5. The Hall–Kier alpha value is -0.240. The van der Waals surface area contributed by atoms with E-state index in [2.05, 4.69) is 13.8 Å². The van der Waals surface area contributed by atoms with Crippen molar-refractivity contribution in [2.75, 3.05) is 26.4 Å². The van der Waals surface area contributed by atoms with E-state index < -0.39 is 31.0 Å². The predicted molar refractivity (Wildman–Crippen MR) is 122 cm³/mol. The molecule has 4 atom stereocenters. The van der Waals surface area contributed by atoms with Gasteiger partial charge in [0.25, 0.3) is 0 Å². The molecule has 0 amide bonds. The molecule has 30 heavy (non-hydrogen) atoms. The average molecular weight is 435 g/mol. The third-order valence-electron chi connectivity index (χ3n) is 5.54. The van der Waals surface area contributed by atoms with Crippen LogP contribution in [0.3, 0.4) is 0 Å². The van der Waals surface area contributed by atoms with Crippen LogP contribution in [0.5, 0.6) is 0 Å². The fourth-order valence-corrected chi connectivity index (χ4v) is 3.50. The Kier molecular flexibility index (Phi) is 21.8. The van der Waals surface area contributed by atoms with Gasteiger partial charge in [-0.15, -0.1) is 0 Å². The smallest absolute Gasteiger partial charge is 0.114 e. The second-order valence-electron chi connectivity index (χ2n) is 8.46. The Bertz CT molecular complexity index is 342. The van der Waals surface area contributed by atoms with Gasteiger partial charge >= 0.3 is 0 Å². The monoisotopic (exact) mass is 434 g/mol. The van der Waals surface area contributed by atoms with Gasteiger partial charge < -0.3 is 29.9 Å². The molecule has 0 spiro atoms. The molecule has 0 heterocycles. The Morgan fingerprint density at radius 3 is 1.57 bits per heavy atom. The number of unbranched alkanes of at least 4 members (excludes halogenated alkanes) is 12. The minimum absolute atomic E-state index is 0.0483. The summed E-state index contributed by atoms with van der Waals surface area (Å²) < 4.78 is 11.3. The molecular formula is C24H50O6. The molecule has 0 fully saturated rings. The lowest BCUT2D eigenvalue weighted by Crippen LogP contribution is -2.49. The highest BCUT2D eigenvalue weighted by atomic mass is 16.5. The van der Waals surface area contributed by atoms with Crippen molar-refractivity contribution in [3.63, 3.8) is 0 Å². The van der Waals surface area contributed by atoms with Crippen LogP contribution in [0, 0.1) is 0 Å². The summed E-state index contributed by atoms with van der Waals surface area (Å²) >= 11 is 0. The van der Waals surface area contributed by atoms with Gasteiger partial charge in [-0.25, -0.2) is 0 Å². The van der Waals surface area contributed by atoms with Crippen LogP contribution in [0.25, 0.3) is 0 Å². The lowest BCUT2D eigenvalue weighted by atomic mass is 10.0. The maximum Gasteiger partial charge on any atom is 0.114 e. The molecule has 0 bridgehead atoms. The average Bonchev–Trinajstić information content (AvgIpc) is 2.75. The summed E-state index contributed by atoms with van der Waals surface area (Å²) in [5.74, 6) is 0. The molecule has 182 valence electrons. The largest absolute Gasteiger partial charge is 0.394 e. The lowest BCUT2D eigenvalue weighted by molar-refractivity contribution is -0.153. The predicted octanol–water partition coefficient (Wildman–Crippen LogP) is 3.96. The molecule has 0 saturated carbocycles. The van der Waals surface area contributed by atoms with Gasteiger partial charge in [-0.2, -0.15) is 0 Å². The maximum atomic E-state index is 10.4. The van der Waals surface area contributed by atoms with Gasteiger partial charge in [0, 0.05) is 13.2 Å². The van der Waals surface area contributed by atoms with Gasteiger partial charge in [0.05, 0.1) is 13.2 Å². The van der Waals surface area contributed by atoms with Crippen molar-refractivity contribution in [1.82, 2.24) is 0 Å². The molecule has 4 N–H and O–H groups in total. The highest BCUT2D eigenvalue weighted by molar-refractivity contribution is 4.82. The van der Waals surface area contributed by atoms with Crippen LogP contribution in [-0.2, 0) is 9.47 Å². The second kappa shape index (κ2) is 22.0. The molecule has 0 saturated heterocycles. The van der Waals surface area contributed by atoms with Crippen LogP contribution in [-0.4, -0.2) is 71.3 Å². The van der Waals surface area contributed by atoms with E-state index >= 15 is 0 Å². The van der Waals surface area contributed by atoms with Gasteiger partial charge in [0.1, 0.15) is 24.4 Å². The Labute approximate surface area is 185 Å². The first-order valence-corrected chi connectivity index (χ1v) is 12.4. The molecule has 6 nitrogen and oxygen atoms in total. The Morgan fingerprint density at radius 1 is 0.600 bits per heavy atom. The second-order valence-corrected chi connectivity index (χ2v) is 8.46. The number of aliphatic hydroxyl groups is 4. The topological polar surface area (TPSA) is 99.4 Å². The summed E-state index contributed by atoms with van der Waals surface area (Å²) in [6.45, 7) is 4.85. The van der Waals surface area contributed by atoms with Crippen LogP contribution in [0.4, 0.5) is 0 Å². The van der Waals surface area contributed by atoms with Gasteiger partial charge in [-0.05, 0) is 12.8 Å². The Morgan fingerprint density at radius 2 is 1.07 bits per heavy atom. The van der Waals surface area contributed by atoms with Crippen molar-refractivity contribution in [1.29, 1.82) is 0 Å². The number of rotatable bonds is 23. The first kappa shape index (κ1) is 29.8. The number of hydrogen-bond acceptors (Lipinski definition) is 6. The summed E-state index contributed by atoms with van der Waals surface area (Å²) in [6.07, 6.45) is 11.7. The molecule has 0 aromatic heterocycles. The fraction of sp³-hybridized carbons (Fsp3) is 1.00. The van der Waals surface area contributed by atoms with Crippen molar-refractivity contribution >= 4 is 0 Å². The van der Waals surface area contributed by atoms with Gasteiger partial charge in [-0.3, -0.25) is 0 Å². The summed E-state index contributed by atoms with van der Waals surface area (Å²) in [5.41, 5.74) is 0. The van der Waals surface area contributed by atoms with Crippen molar-refractivity contribution < 1.29 is 29.9 Å². The van der Waals surface area contributed by atoms with E-state index in [0.29, 0.717) is 13.2 Å². The molecule has 6 heteroatoms. The van der Waals surface area contributed by atoms with E-state index in [1.54, 1.807) is 0 Å². The van der Waals surface area contributed by atoms with Crippen molar-refractivity contribution in [2.24, 2.45) is 0 Å². The van der Waals surface area contributed by atoms with Crippen molar-refractivity contribution in [3.8, 4) is 0 Å². The van der Waals surface area contributed by atoms with Crippen LogP contribution < -0.4 is 0 Å². The number of hydrogen-bond donors (Lipinski definition) is 4.